The van der Waals surface area contributed by atoms with Gasteiger partial charge >= 0.3 is 0 Å². The van der Waals surface area contributed by atoms with E-state index in [1.54, 1.807) is 0 Å². The van der Waals surface area contributed by atoms with E-state index in [-0.39, 0.29) is 26.9 Å². The third-order valence-corrected chi connectivity index (χ3v) is 9.28. The minimum absolute atomic E-state index is 0.0355. The Kier molecular flexibility index (Phi) is 6.60. The molecule has 0 spiro atoms. The molecule has 1 saturated heterocycles. The number of amides is 3. The Morgan fingerprint density at radius 1 is 0.773 bits per heavy atom. The van der Waals surface area contributed by atoms with Crippen LogP contribution in [0.1, 0.15) is 54.8 Å². The summed E-state index contributed by atoms with van der Waals surface area (Å²) in [4.78, 5) is 67.2. The molecule has 1 heterocycles. The maximum atomic E-state index is 14.4. The highest BCUT2D eigenvalue weighted by atomic mass is 35.5. The lowest BCUT2D eigenvalue weighted by Gasteiger charge is -2.45. The molecule has 1 fully saturated rings. The Morgan fingerprint density at radius 3 is 1.82 bits per heavy atom. The van der Waals surface area contributed by atoms with Crippen molar-refractivity contribution in [2.24, 2.45) is 11.8 Å². The monoisotopic (exact) mass is 625 g/mol. The van der Waals surface area contributed by atoms with Crippen LogP contribution in [0.15, 0.2) is 91.0 Å². The van der Waals surface area contributed by atoms with Crippen LogP contribution in [0.25, 0.3) is 0 Å². The largest absolute Gasteiger partial charge is 0.292 e. The first-order valence-corrected chi connectivity index (χ1v) is 14.5. The first-order valence-electron chi connectivity index (χ1n) is 13.8. The Balaban J connectivity index is 1.33. The summed E-state index contributed by atoms with van der Waals surface area (Å²) >= 11 is 12.4. The van der Waals surface area contributed by atoms with Gasteiger partial charge in [-0.15, -0.1) is 0 Å². The summed E-state index contributed by atoms with van der Waals surface area (Å²) in [6.45, 7) is -0.745. The van der Waals surface area contributed by atoms with Gasteiger partial charge in [-0.05, 0) is 40.5 Å². The number of hydrogen-bond acceptors (Lipinski definition) is 6. The number of benzene rings is 4. The number of nitro groups is 1. The van der Waals surface area contributed by atoms with E-state index in [9.17, 15) is 29.3 Å². The fourth-order valence-corrected chi connectivity index (χ4v) is 7.44. The first kappa shape index (κ1) is 27.9. The van der Waals surface area contributed by atoms with Crippen LogP contribution in [0, 0.1) is 22.0 Å². The summed E-state index contributed by atoms with van der Waals surface area (Å²) in [5.41, 5.74) is 3.35. The topological polar surface area (TPSA) is 118 Å². The fourth-order valence-electron chi connectivity index (χ4n) is 6.96. The molecule has 4 aromatic carbocycles. The van der Waals surface area contributed by atoms with Crippen LogP contribution in [0.4, 0.5) is 5.69 Å². The normalized spacial score (nSPS) is 21.0. The maximum Gasteiger partial charge on any atom is 0.274 e. The van der Waals surface area contributed by atoms with Gasteiger partial charge in [0.1, 0.15) is 6.54 Å². The number of hydrazine groups is 1. The van der Waals surface area contributed by atoms with Gasteiger partial charge in [0, 0.05) is 34.6 Å². The molecule has 3 amide bonds. The number of halogens is 2. The molecule has 2 atom stereocenters. The van der Waals surface area contributed by atoms with Crippen molar-refractivity contribution in [3.63, 3.8) is 0 Å². The quantitative estimate of drug-likeness (QED) is 0.112. The zero-order valence-corrected chi connectivity index (χ0v) is 24.2. The van der Waals surface area contributed by atoms with E-state index in [1.807, 2.05) is 48.5 Å². The number of nitro benzene ring substituents is 1. The summed E-state index contributed by atoms with van der Waals surface area (Å²) in [5, 5.41) is 13.2. The van der Waals surface area contributed by atoms with E-state index in [0.29, 0.717) is 0 Å². The van der Waals surface area contributed by atoms with Gasteiger partial charge < -0.3 is 0 Å². The molecule has 0 aromatic heterocycles. The molecule has 8 rings (SSSR count). The molecule has 11 heteroatoms. The summed E-state index contributed by atoms with van der Waals surface area (Å²) < 4.78 is 0. The SMILES string of the molecule is O=C(CN(C(=O)c1ccc(Cl)cc1Cl)N1C(=O)[C@H]2C3c4ccccc4C(c4ccccc43)[C@@H]2C1=O)c1cccc([N+](=O)[O-])c1. The summed E-state index contributed by atoms with van der Waals surface area (Å²) in [6.07, 6.45) is 0. The maximum absolute atomic E-state index is 14.4. The number of imide groups is 1. The molecule has 0 radical (unpaired) electrons. The first-order chi connectivity index (χ1) is 21.2. The standard InChI is InChI=1S/C33H21Cl2N3O6/c34-18-12-13-24(25(35)15-18)31(40)36(16-26(39)17-6-5-7-19(14-17)38(43)44)37-32(41)29-27-20-8-1-2-9-21(20)28(30(29)33(37)42)23-11-4-3-10-22(23)27/h1-15,27-30H,16H2/t27?,28?,29-,30-/m0/s1. The Morgan fingerprint density at radius 2 is 1.32 bits per heavy atom. The number of non-ortho nitro benzene ring substituents is 1. The molecular formula is C33H21Cl2N3O6. The molecule has 0 N–H and O–H groups in total. The van der Waals surface area contributed by atoms with Gasteiger partial charge in [0.2, 0.25) is 0 Å². The molecule has 2 bridgehead atoms. The molecule has 0 saturated carbocycles. The molecule has 4 aliphatic rings. The average molecular weight is 626 g/mol. The van der Waals surface area contributed by atoms with E-state index >= 15 is 0 Å². The van der Waals surface area contributed by atoms with Gasteiger partial charge in [-0.25, -0.2) is 5.01 Å². The van der Waals surface area contributed by atoms with Crippen molar-refractivity contribution in [2.75, 3.05) is 6.54 Å². The minimum atomic E-state index is -0.867. The zero-order valence-electron chi connectivity index (χ0n) is 22.7. The Bertz CT molecular complexity index is 1830. The van der Waals surface area contributed by atoms with Crippen molar-refractivity contribution in [1.29, 1.82) is 0 Å². The van der Waals surface area contributed by atoms with Crippen LogP contribution < -0.4 is 0 Å². The molecule has 3 aliphatic carbocycles. The number of rotatable bonds is 6. The Hall–Kier alpha value is -4.86. The number of carbonyl (C=O) groups excluding carboxylic acids is 4. The van der Waals surface area contributed by atoms with Crippen LogP contribution in [-0.4, -0.2) is 45.0 Å². The van der Waals surface area contributed by atoms with Crippen LogP contribution in [0.3, 0.4) is 0 Å². The number of nitrogens with zero attached hydrogens (tertiary/aromatic N) is 3. The molecule has 1 aliphatic heterocycles. The molecule has 0 unspecified atom stereocenters. The fraction of sp³-hybridized carbons (Fsp3) is 0.152. The van der Waals surface area contributed by atoms with Crippen molar-refractivity contribution in [2.45, 2.75) is 11.8 Å². The lowest BCUT2D eigenvalue weighted by molar-refractivity contribution is -0.384. The van der Waals surface area contributed by atoms with Gasteiger partial charge in [0.15, 0.2) is 5.78 Å². The highest BCUT2D eigenvalue weighted by Crippen LogP contribution is 2.61. The third-order valence-electron chi connectivity index (χ3n) is 8.73. The Labute approximate surface area is 260 Å². The highest BCUT2D eigenvalue weighted by molar-refractivity contribution is 6.36. The van der Waals surface area contributed by atoms with Gasteiger partial charge in [-0.2, -0.15) is 5.01 Å². The van der Waals surface area contributed by atoms with Gasteiger partial charge in [-0.3, -0.25) is 29.3 Å². The second-order valence-corrected chi connectivity index (χ2v) is 11.8. The number of ketones is 1. The van der Waals surface area contributed by atoms with Crippen molar-refractivity contribution in [1.82, 2.24) is 10.0 Å². The van der Waals surface area contributed by atoms with E-state index in [1.165, 1.54) is 36.4 Å². The summed E-state index contributed by atoms with van der Waals surface area (Å²) in [6, 6.07) is 24.6. The number of hydrogen-bond donors (Lipinski definition) is 0. The predicted octanol–water partition coefficient (Wildman–Crippen LogP) is 6.03. The van der Waals surface area contributed by atoms with E-state index in [4.69, 9.17) is 23.2 Å². The van der Waals surface area contributed by atoms with Crippen LogP contribution >= 0.6 is 23.2 Å². The van der Waals surface area contributed by atoms with Crippen molar-refractivity contribution < 1.29 is 24.1 Å². The van der Waals surface area contributed by atoms with E-state index < -0.39 is 58.6 Å². The van der Waals surface area contributed by atoms with Crippen LogP contribution in [0.5, 0.6) is 0 Å². The summed E-state index contributed by atoms with van der Waals surface area (Å²) in [7, 11) is 0. The van der Waals surface area contributed by atoms with Crippen molar-refractivity contribution >= 4 is 52.4 Å². The van der Waals surface area contributed by atoms with Crippen LogP contribution in [-0.2, 0) is 9.59 Å². The molecule has 44 heavy (non-hydrogen) atoms. The lowest BCUT2D eigenvalue weighted by Crippen LogP contribution is -2.52. The van der Waals surface area contributed by atoms with Gasteiger partial charge in [0.25, 0.3) is 23.4 Å². The van der Waals surface area contributed by atoms with E-state index in [0.717, 1.165) is 38.3 Å². The predicted molar refractivity (Wildman–Crippen MR) is 160 cm³/mol. The van der Waals surface area contributed by atoms with Crippen molar-refractivity contribution in [3.8, 4) is 0 Å². The third kappa shape index (κ3) is 4.15. The highest BCUT2D eigenvalue weighted by Gasteiger charge is 2.63. The average Bonchev–Trinajstić information content (AvgIpc) is 3.29. The van der Waals surface area contributed by atoms with Crippen LogP contribution in [0.2, 0.25) is 10.0 Å². The lowest BCUT2D eigenvalue weighted by atomic mass is 9.55. The van der Waals surface area contributed by atoms with E-state index in [2.05, 4.69) is 0 Å². The second-order valence-electron chi connectivity index (χ2n) is 11.0. The minimum Gasteiger partial charge on any atom is -0.292 e. The number of carbonyl (C=O) groups is 4. The molecule has 4 aromatic rings. The summed E-state index contributed by atoms with van der Waals surface area (Å²) in [5.74, 6) is -5.26. The van der Waals surface area contributed by atoms with Gasteiger partial charge in [0.05, 0.1) is 27.3 Å². The smallest absolute Gasteiger partial charge is 0.274 e. The zero-order chi connectivity index (χ0) is 30.9. The van der Waals surface area contributed by atoms with Crippen molar-refractivity contribution in [3.05, 3.63) is 145 Å². The second kappa shape index (κ2) is 10.4. The molecule has 9 nitrogen and oxygen atoms in total. The van der Waals surface area contributed by atoms with Gasteiger partial charge in [-0.1, -0.05) is 83.9 Å². The molecule has 218 valence electrons. The molecular weight excluding hydrogens is 605 g/mol. The number of Topliss-reactive ketones (excluding diaryl/α,β-unsaturated/α-hetero) is 1.